The molecule has 1 aliphatic rings. The van der Waals surface area contributed by atoms with E-state index in [1.807, 2.05) is 12.1 Å². The van der Waals surface area contributed by atoms with Gasteiger partial charge in [-0.15, -0.1) is 0 Å². The van der Waals surface area contributed by atoms with Crippen LogP contribution in [0.1, 0.15) is 57.4 Å². The van der Waals surface area contributed by atoms with Gasteiger partial charge >= 0.3 is 0 Å². The van der Waals surface area contributed by atoms with Crippen LogP contribution in [0.2, 0.25) is 0 Å². The molecule has 2 aromatic rings. The van der Waals surface area contributed by atoms with Gasteiger partial charge in [-0.3, -0.25) is 19.2 Å². The van der Waals surface area contributed by atoms with Gasteiger partial charge in [-0.25, -0.2) is 8.42 Å². The van der Waals surface area contributed by atoms with Crippen LogP contribution in [0.15, 0.2) is 53.4 Å². The standard InChI is InChI=1S/C24H31N3O5S/c1-3-19(2)20-11-13-21(14-12-20)26(18-24(28)25-15-6-4-5-7-16-25)33(31,32)23-10-8-9-22(17-23)27(29)30/h8-14,17,19H,3-7,15-16,18H2,1-2H3/t19-/m1/s1. The number of hydrogen-bond donors (Lipinski definition) is 0. The third-order valence-corrected chi connectivity index (χ3v) is 7.99. The summed E-state index contributed by atoms with van der Waals surface area (Å²) in [6.45, 7) is 5.04. The molecule has 0 spiro atoms. The maximum absolute atomic E-state index is 13.6. The molecule has 1 atom stereocenters. The number of carbonyl (C=O) groups is 1. The SMILES string of the molecule is CC[C@@H](C)c1ccc(N(CC(=O)N2CCCCCC2)S(=O)(=O)c2cccc([N+](=O)[O-])c2)cc1. The number of benzene rings is 2. The van der Waals surface area contributed by atoms with Crippen molar-refractivity contribution in [1.29, 1.82) is 0 Å². The minimum absolute atomic E-state index is 0.216. The van der Waals surface area contributed by atoms with Crippen molar-refractivity contribution in [3.05, 3.63) is 64.2 Å². The average molecular weight is 474 g/mol. The molecule has 2 aromatic carbocycles. The molecule has 1 aliphatic heterocycles. The Morgan fingerprint density at radius 3 is 2.30 bits per heavy atom. The van der Waals surface area contributed by atoms with Gasteiger partial charge in [0, 0.05) is 25.2 Å². The Hall–Kier alpha value is -2.94. The van der Waals surface area contributed by atoms with Crippen molar-refractivity contribution >= 4 is 27.3 Å². The zero-order valence-electron chi connectivity index (χ0n) is 19.1. The topological polar surface area (TPSA) is 101 Å². The molecule has 0 unspecified atom stereocenters. The van der Waals surface area contributed by atoms with E-state index in [4.69, 9.17) is 0 Å². The maximum Gasteiger partial charge on any atom is 0.270 e. The van der Waals surface area contributed by atoms with Crippen LogP contribution in [0.3, 0.4) is 0 Å². The molecule has 3 rings (SSSR count). The molecule has 9 heteroatoms. The molecule has 0 bridgehead atoms. The number of nitro groups is 1. The zero-order chi connectivity index (χ0) is 24.0. The lowest BCUT2D eigenvalue weighted by Crippen LogP contribution is -2.43. The molecule has 1 fully saturated rings. The lowest BCUT2D eigenvalue weighted by atomic mass is 9.99. The van der Waals surface area contributed by atoms with Gasteiger partial charge in [0.25, 0.3) is 15.7 Å². The highest BCUT2D eigenvalue weighted by Crippen LogP contribution is 2.28. The van der Waals surface area contributed by atoms with Crippen LogP contribution in [0.4, 0.5) is 11.4 Å². The Labute approximate surface area is 195 Å². The fourth-order valence-corrected chi connectivity index (χ4v) is 5.40. The Kier molecular flexibility index (Phi) is 8.07. The summed E-state index contributed by atoms with van der Waals surface area (Å²) in [5, 5.41) is 11.2. The van der Waals surface area contributed by atoms with Crippen molar-refractivity contribution in [3.63, 3.8) is 0 Å². The number of amides is 1. The van der Waals surface area contributed by atoms with E-state index in [-0.39, 0.29) is 23.0 Å². The second kappa shape index (κ2) is 10.8. The number of rotatable bonds is 8. The summed E-state index contributed by atoms with van der Waals surface area (Å²) >= 11 is 0. The maximum atomic E-state index is 13.6. The van der Waals surface area contributed by atoms with Crippen LogP contribution in [-0.4, -0.2) is 43.8 Å². The highest BCUT2D eigenvalue weighted by Gasteiger charge is 2.30. The van der Waals surface area contributed by atoms with Gasteiger partial charge in [-0.1, -0.05) is 44.9 Å². The van der Waals surface area contributed by atoms with Crippen molar-refractivity contribution in [3.8, 4) is 0 Å². The van der Waals surface area contributed by atoms with Gasteiger partial charge in [0.15, 0.2) is 0 Å². The zero-order valence-corrected chi connectivity index (χ0v) is 20.0. The summed E-state index contributed by atoms with van der Waals surface area (Å²) in [5.74, 6) is 0.0523. The van der Waals surface area contributed by atoms with Crippen LogP contribution >= 0.6 is 0 Å². The molecule has 178 valence electrons. The lowest BCUT2D eigenvalue weighted by Gasteiger charge is -2.28. The summed E-state index contributed by atoms with van der Waals surface area (Å²) < 4.78 is 28.3. The predicted octanol–water partition coefficient (Wildman–Crippen LogP) is 4.71. The van der Waals surface area contributed by atoms with Crippen LogP contribution in [-0.2, 0) is 14.8 Å². The third-order valence-electron chi connectivity index (χ3n) is 6.22. The monoisotopic (exact) mass is 473 g/mol. The van der Waals surface area contributed by atoms with Crippen molar-refractivity contribution in [2.45, 2.75) is 56.8 Å². The van der Waals surface area contributed by atoms with Crippen molar-refractivity contribution in [2.75, 3.05) is 23.9 Å². The van der Waals surface area contributed by atoms with Crippen LogP contribution in [0.5, 0.6) is 0 Å². The molecule has 0 aromatic heterocycles. The van der Waals surface area contributed by atoms with Gasteiger partial charge in [-0.05, 0) is 48.9 Å². The van der Waals surface area contributed by atoms with Crippen molar-refractivity contribution in [2.24, 2.45) is 0 Å². The summed E-state index contributed by atoms with van der Waals surface area (Å²) in [7, 11) is -4.21. The molecule has 8 nitrogen and oxygen atoms in total. The number of non-ortho nitro benzene ring substituents is 1. The van der Waals surface area contributed by atoms with Gasteiger partial charge in [0.1, 0.15) is 6.54 Å². The molecule has 1 saturated heterocycles. The fraction of sp³-hybridized carbons (Fsp3) is 0.458. The Bertz CT molecular complexity index is 1080. The normalized spacial score (nSPS) is 15.5. The molecular formula is C24H31N3O5S. The third kappa shape index (κ3) is 5.90. The first-order valence-electron chi connectivity index (χ1n) is 11.4. The number of carbonyl (C=O) groups excluding carboxylic acids is 1. The molecule has 0 N–H and O–H groups in total. The molecule has 0 saturated carbocycles. The van der Waals surface area contributed by atoms with E-state index >= 15 is 0 Å². The minimum Gasteiger partial charge on any atom is -0.341 e. The van der Waals surface area contributed by atoms with E-state index in [9.17, 15) is 23.3 Å². The summed E-state index contributed by atoms with van der Waals surface area (Å²) in [6.07, 6.45) is 4.84. The van der Waals surface area contributed by atoms with Gasteiger partial charge in [0.05, 0.1) is 15.5 Å². The summed E-state index contributed by atoms with van der Waals surface area (Å²) in [5.41, 5.74) is 1.12. The van der Waals surface area contributed by atoms with Crippen LogP contribution in [0.25, 0.3) is 0 Å². The second-order valence-corrected chi connectivity index (χ2v) is 10.3. The Morgan fingerprint density at radius 2 is 1.73 bits per heavy atom. The van der Waals surface area contributed by atoms with Gasteiger partial charge in [-0.2, -0.15) is 0 Å². The van der Waals surface area contributed by atoms with Gasteiger partial charge in [0.2, 0.25) is 5.91 Å². The fourth-order valence-electron chi connectivity index (χ4n) is 3.95. The largest absolute Gasteiger partial charge is 0.341 e. The van der Waals surface area contributed by atoms with Crippen LogP contribution in [0, 0.1) is 10.1 Å². The Balaban J connectivity index is 1.99. The molecule has 33 heavy (non-hydrogen) atoms. The number of likely N-dealkylation sites (tertiary alicyclic amines) is 1. The minimum atomic E-state index is -4.21. The van der Waals surface area contributed by atoms with Crippen molar-refractivity contribution in [1.82, 2.24) is 4.90 Å². The predicted molar refractivity (Wildman–Crippen MR) is 128 cm³/mol. The van der Waals surface area contributed by atoms with E-state index in [1.165, 1.54) is 18.2 Å². The molecular weight excluding hydrogens is 442 g/mol. The number of sulfonamides is 1. The lowest BCUT2D eigenvalue weighted by molar-refractivity contribution is -0.385. The second-order valence-electron chi connectivity index (χ2n) is 8.46. The number of nitrogens with zero attached hydrogens (tertiary/aromatic N) is 3. The van der Waals surface area contributed by atoms with Gasteiger partial charge < -0.3 is 4.90 Å². The summed E-state index contributed by atoms with van der Waals surface area (Å²) in [4.78, 5) is 25.2. The number of anilines is 1. The van der Waals surface area contributed by atoms with E-state index < -0.39 is 14.9 Å². The number of nitro benzene ring substituents is 1. The molecule has 0 aliphatic carbocycles. The summed E-state index contributed by atoms with van der Waals surface area (Å²) in [6, 6.07) is 12.1. The average Bonchev–Trinajstić information content (AvgIpc) is 3.12. The highest BCUT2D eigenvalue weighted by atomic mass is 32.2. The number of hydrogen-bond acceptors (Lipinski definition) is 5. The first-order chi connectivity index (χ1) is 15.7. The molecule has 1 amide bonds. The van der Waals surface area contributed by atoms with E-state index in [0.29, 0.717) is 24.7 Å². The first-order valence-corrected chi connectivity index (χ1v) is 12.8. The van der Waals surface area contributed by atoms with E-state index in [1.54, 1.807) is 17.0 Å². The van der Waals surface area contributed by atoms with Crippen LogP contribution < -0.4 is 4.31 Å². The molecule has 1 heterocycles. The van der Waals surface area contributed by atoms with E-state index in [0.717, 1.165) is 48.0 Å². The van der Waals surface area contributed by atoms with E-state index in [2.05, 4.69) is 13.8 Å². The van der Waals surface area contributed by atoms with Crippen molar-refractivity contribution < 1.29 is 18.1 Å². The highest BCUT2D eigenvalue weighted by molar-refractivity contribution is 7.92. The quantitative estimate of drug-likeness (QED) is 0.408. The Morgan fingerprint density at radius 1 is 1.09 bits per heavy atom. The smallest absolute Gasteiger partial charge is 0.270 e. The first kappa shape index (κ1) is 24.7. The molecule has 0 radical (unpaired) electrons.